The Kier molecular flexibility index (Phi) is 13.1. The molecule has 0 radical (unpaired) electrons. The molecule has 0 spiro atoms. The molecule has 2 aliphatic heterocycles. The lowest BCUT2D eigenvalue weighted by Gasteiger charge is -2.30. The van der Waals surface area contributed by atoms with Crippen molar-refractivity contribution in [2.24, 2.45) is 0 Å². The van der Waals surface area contributed by atoms with E-state index in [0.717, 1.165) is 35.6 Å². The number of rotatable bonds is 12. The predicted octanol–water partition coefficient (Wildman–Crippen LogP) is 6.04. The van der Waals surface area contributed by atoms with Gasteiger partial charge in [-0.2, -0.15) is 0 Å². The Morgan fingerprint density at radius 3 is 2.47 bits per heavy atom. The number of amides is 4. The van der Waals surface area contributed by atoms with E-state index in [0.29, 0.717) is 50.1 Å². The van der Waals surface area contributed by atoms with Crippen LogP contribution in [-0.2, 0) is 20.8 Å². The molecule has 2 aliphatic rings. The number of hydrogen-bond acceptors (Lipinski definition) is 5. The highest BCUT2D eigenvalue weighted by atomic mass is 16.5. The third kappa shape index (κ3) is 10.1. The van der Waals surface area contributed by atoms with E-state index in [1.165, 1.54) is 25.7 Å². The van der Waals surface area contributed by atoms with Gasteiger partial charge in [0.2, 0.25) is 17.7 Å². The Balaban J connectivity index is 1.28. The number of carbonyl (C=O) groups is 4. The summed E-state index contributed by atoms with van der Waals surface area (Å²) >= 11 is 0. The number of ether oxygens (including phenoxy) is 1. The highest BCUT2D eigenvalue weighted by Crippen LogP contribution is 2.25. The molecule has 1 fully saturated rings. The van der Waals surface area contributed by atoms with Crippen LogP contribution in [0.5, 0.6) is 5.75 Å². The van der Waals surface area contributed by atoms with Gasteiger partial charge >= 0.3 is 0 Å². The first-order chi connectivity index (χ1) is 23.8. The molecule has 2 bridgehead atoms. The number of nitrogens with zero attached hydrogens (tertiary/aromatic N) is 2. The Morgan fingerprint density at radius 2 is 1.63 bits per heavy atom. The number of benzene rings is 3. The summed E-state index contributed by atoms with van der Waals surface area (Å²) in [5.41, 5.74) is 1.49. The van der Waals surface area contributed by atoms with E-state index in [4.69, 9.17) is 4.74 Å². The van der Waals surface area contributed by atoms with E-state index in [2.05, 4.69) is 17.6 Å². The molecule has 49 heavy (non-hydrogen) atoms. The Labute approximate surface area is 290 Å². The normalized spacial score (nSPS) is 20.0. The minimum atomic E-state index is -0.728. The zero-order valence-corrected chi connectivity index (χ0v) is 29.1. The van der Waals surface area contributed by atoms with E-state index in [9.17, 15) is 19.2 Å². The van der Waals surface area contributed by atoms with E-state index in [1.807, 2.05) is 42.5 Å². The minimum absolute atomic E-state index is 0.102. The molecule has 9 heteroatoms. The van der Waals surface area contributed by atoms with Crippen molar-refractivity contribution in [1.82, 2.24) is 20.4 Å². The lowest BCUT2D eigenvalue weighted by molar-refractivity contribution is -0.138. The zero-order valence-electron chi connectivity index (χ0n) is 29.1. The second-order valence-corrected chi connectivity index (χ2v) is 13.7. The molecule has 3 atom stereocenters. The van der Waals surface area contributed by atoms with Crippen LogP contribution in [0.2, 0.25) is 0 Å². The molecule has 9 nitrogen and oxygen atoms in total. The van der Waals surface area contributed by atoms with Crippen LogP contribution in [0.1, 0.15) is 93.5 Å². The van der Waals surface area contributed by atoms with Crippen LogP contribution in [0, 0.1) is 0 Å². The van der Waals surface area contributed by atoms with Gasteiger partial charge < -0.3 is 25.2 Å². The first kappa shape index (κ1) is 35.9. The molecule has 0 saturated carbocycles. The van der Waals surface area contributed by atoms with Crippen LogP contribution in [0.15, 0.2) is 66.7 Å². The van der Waals surface area contributed by atoms with Gasteiger partial charge in [-0.25, -0.2) is 0 Å². The largest absolute Gasteiger partial charge is 0.491 e. The molecule has 0 unspecified atom stereocenters. The first-order valence-corrected chi connectivity index (χ1v) is 18.2. The maximum atomic E-state index is 14.3. The fourth-order valence-electron chi connectivity index (χ4n) is 7.08. The van der Waals surface area contributed by atoms with Crippen molar-refractivity contribution >= 4 is 34.4 Å². The highest BCUT2D eigenvalue weighted by molar-refractivity contribution is 5.94. The number of fused-ring (bicyclic) bond motifs is 4. The molecule has 1 saturated heterocycles. The van der Waals surface area contributed by atoms with Gasteiger partial charge in [-0.05, 0) is 60.2 Å². The molecule has 0 aromatic heterocycles. The third-order valence-corrected chi connectivity index (χ3v) is 9.79. The zero-order chi connectivity index (χ0) is 34.6. The second-order valence-electron chi connectivity index (χ2n) is 13.7. The van der Waals surface area contributed by atoms with Crippen molar-refractivity contribution in [2.45, 2.75) is 102 Å². The van der Waals surface area contributed by atoms with Crippen molar-refractivity contribution in [2.75, 3.05) is 26.7 Å². The minimum Gasteiger partial charge on any atom is -0.491 e. The van der Waals surface area contributed by atoms with E-state index < -0.39 is 6.04 Å². The number of carbonyl (C=O) groups excluding carboxylic acids is 4. The standard InChI is InChI=1S/C40H52N4O5/c1-3-4-5-6-7-8-9-22-37(45)42-36-21-14-23-43(2)39(47)31-18-13-19-34(24-31)49-28-33-26-32(27-44(33)40(36)48)41-38(46)25-30-17-12-16-29-15-10-11-20-35(29)30/h10-13,15-20,24,32-33,36H,3-9,14,21-23,25-28H2,1-2H3,(H,41,46)(H,42,45)/t32-,33-,36-/m0/s1. The Hall–Kier alpha value is -4.40. The van der Waals surface area contributed by atoms with Crippen molar-refractivity contribution in [1.29, 1.82) is 0 Å². The first-order valence-electron chi connectivity index (χ1n) is 18.2. The van der Waals surface area contributed by atoms with Crippen LogP contribution in [0.4, 0.5) is 0 Å². The maximum absolute atomic E-state index is 14.3. The van der Waals surface area contributed by atoms with Crippen molar-refractivity contribution in [3.8, 4) is 5.75 Å². The van der Waals surface area contributed by atoms with Crippen LogP contribution in [0.25, 0.3) is 10.8 Å². The van der Waals surface area contributed by atoms with Gasteiger partial charge in [0.05, 0.1) is 12.5 Å². The SMILES string of the molecule is CCCCCCCCCC(=O)N[C@H]1CCCN(C)C(=O)c2cccc(c2)OC[C@@H]2C[C@H](NC(=O)Cc3cccc4ccccc34)CN2C1=O. The van der Waals surface area contributed by atoms with Crippen LogP contribution in [-0.4, -0.2) is 78.3 Å². The number of hydrogen-bond donors (Lipinski definition) is 2. The monoisotopic (exact) mass is 668 g/mol. The van der Waals surface area contributed by atoms with Gasteiger partial charge in [0.1, 0.15) is 18.4 Å². The van der Waals surface area contributed by atoms with E-state index in [1.54, 1.807) is 41.1 Å². The quantitative estimate of drug-likeness (QED) is 0.229. The van der Waals surface area contributed by atoms with Crippen LogP contribution in [0.3, 0.4) is 0 Å². The van der Waals surface area contributed by atoms with Gasteiger partial charge in [0.25, 0.3) is 5.91 Å². The average Bonchev–Trinajstić information content (AvgIpc) is 3.51. The molecule has 4 amide bonds. The summed E-state index contributed by atoms with van der Waals surface area (Å²) in [5, 5.41) is 8.37. The van der Waals surface area contributed by atoms with Crippen molar-refractivity contribution in [3.63, 3.8) is 0 Å². The van der Waals surface area contributed by atoms with Gasteiger partial charge in [-0.15, -0.1) is 0 Å². The van der Waals surface area contributed by atoms with E-state index in [-0.39, 0.29) is 48.7 Å². The molecular formula is C40H52N4O5. The summed E-state index contributed by atoms with van der Waals surface area (Å²) in [6.07, 6.45) is 9.85. The van der Waals surface area contributed by atoms with Gasteiger partial charge in [-0.1, -0.05) is 94.0 Å². The summed E-state index contributed by atoms with van der Waals surface area (Å²) in [4.78, 5) is 57.3. The third-order valence-electron chi connectivity index (χ3n) is 9.79. The summed E-state index contributed by atoms with van der Waals surface area (Å²) in [7, 11) is 1.75. The Morgan fingerprint density at radius 1 is 0.878 bits per heavy atom. The fourth-order valence-corrected chi connectivity index (χ4v) is 7.08. The molecule has 2 N–H and O–H groups in total. The summed E-state index contributed by atoms with van der Waals surface area (Å²) in [5.74, 6) is 0.0259. The van der Waals surface area contributed by atoms with Gasteiger partial charge in [-0.3, -0.25) is 19.2 Å². The topological polar surface area (TPSA) is 108 Å². The molecule has 3 aromatic carbocycles. The molecule has 262 valence electrons. The van der Waals surface area contributed by atoms with Gasteiger partial charge in [0.15, 0.2) is 0 Å². The second kappa shape index (κ2) is 17.8. The molecule has 5 rings (SSSR count). The average molecular weight is 669 g/mol. The summed E-state index contributed by atoms with van der Waals surface area (Å²) in [6, 6.07) is 19.8. The molecule has 2 heterocycles. The summed E-state index contributed by atoms with van der Waals surface area (Å²) in [6.45, 7) is 3.17. The lowest BCUT2D eigenvalue weighted by atomic mass is 10.0. The molecular weight excluding hydrogens is 616 g/mol. The summed E-state index contributed by atoms with van der Waals surface area (Å²) < 4.78 is 6.19. The van der Waals surface area contributed by atoms with Crippen molar-refractivity contribution < 1.29 is 23.9 Å². The highest BCUT2D eigenvalue weighted by Gasteiger charge is 2.39. The predicted molar refractivity (Wildman–Crippen MR) is 192 cm³/mol. The maximum Gasteiger partial charge on any atom is 0.253 e. The van der Waals surface area contributed by atoms with Crippen LogP contribution < -0.4 is 15.4 Å². The van der Waals surface area contributed by atoms with Crippen molar-refractivity contribution in [3.05, 3.63) is 77.9 Å². The van der Waals surface area contributed by atoms with E-state index >= 15 is 0 Å². The molecule has 3 aromatic rings. The fraction of sp³-hybridized carbons (Fsp3) is 0.500. The lowest BCUT2D eigenvalue weighted by Crippen LogP contribution is -2.52. The number of nitrogens with one attached hydrogen (secondary N) is 2. The van der Waals surface area contributed by atoms with Gasteiger partial charge in [0, 0.05) is 38.2 Å². The number of unbranched alkanes of at least 4 members (excludes halogenated alkanes) is 6. The molecule has 0 aliphatic carbocycles. The Bertz CT molecular complexity index is 1590. The van der Waals surface area contributed by atoms with Crippen LogP contribution >= 0.6 is 0 Å². The smallest absolute Gasteiger partial charge is 0.253 e.